The minimum Gasteiger partial charge on any atom is -0.323 e. The van der Waals surface area contributed by atoms with E-state index in [1.165, 1.54) is 0 Å². The Morgan fingerprint density at radius 1 is 1.44 bits per heavy atom. The molecule has 0 saturated carbocycles. The van der Waals surface area contributed by atoms with Crippen LogP contribution in [0.3, 0.4) is 0 Å². The van der Waals surface area contributed by atoms with Crippen LogP contribution in [0.4, 0.5) is 0 Å². The highest BCUT2D eigenvalue weighted by Crippen LogP contribution is 2.27. The highest BCUT2D eigenvalue weighted by molar-refractivity contribution is 7.09. The molecule has 2 rings (SSSR count). The molecule has 0 spiro atoms. The molecule has 0 amide bonds. The number of nitrogens with two attached hydrogens (primary N) is 1. The quantitative estimate of drug-likeness (QED) is 0.939. The van der Waals surface area contributed by atoms with Crippen LogP contribution >= 0.6 is 22.9 Å². The first-order valence-corrected chi connectivity index (χ1v) is 7.17. The van der Waals surface area contributed by atoms with E-state index in [0.717, 1.165) is 33.5 Å². The Hall–Kier alpha value is -0.910. The summed E-state index contributed by atoms with van der Waals surface area (Å²) in [5.41, 5.74) is 10.9. The molecule has 0 fully saturated rings. The van der Waals surface area contributed by atoms with Crippen LogP contribution in [0, 0.1) is 13.8 Å². The molecule has 98 valence electrons. The summed E-state index contributed by atoms with van der Waals surface area (Å²) in [4.78, 5) is 5.35. The summed E-state index contributed by atoms with van der Waals surface area (Å²) >= 11 is 7.88. The zero-order valence-corrected chi connectivity index (χ0v) is 12.3. The third-order valence-corrected chi connectivity index (χ3v) is 4.54. The molecule has 0 aliphatic rings. The summed E-state index contributed by atoms with van der Waals surface area (Å²) in [6.45, 7) is 6.75. The summed E-state index contributed by atoms with van der Waals surface area (Å²) < 4.78 is 1.92. The summed E-state index contributed by atoms with van der Waals surface area (Å²) in [6.07, 6.45) is 0.691. The van der Waals surface area contributed by atoms with Crippen molar-refractivity contribution in [2.24, 2.45) is 5.73 Å². The van der Waals surface area contributed by atoms with Gasteiger partial charge in [0.05, 0.1) is 27.6 Å². The van der Waals surface area contributed by atoms with E-state index < -0.39 is 0 Å². The predicted octanol–water partition coefficient (Wildman–Crippen LogP) is 2.87. The predicted molar refractivity (Wildman–Crippen MR) is 75.1 cm³/mol. The first-order chi connectivity index (χ1) is 8.54. The van der Waals surface area contributed by atoms with Gasteiger partial charge in [0, 0.05) is 23.9 Å². The summed E-state index contributed by atoms with van der Waals surface area (Å²) in [5, 5.41) is 5.13. The fourth-order valence-electron chi connectivity index (χ4n) is 2.03. The van der Waals surface area contributed by atoms with Gasteiger partial charge in [-0.3, -0.25) is 4.68 Å². The molecule has 6 heteroatoms. The third kappa shape index (κ3) is 2.43. The van der Waals surface area contributed by atoms with Gasteiger partial charge in [-0.2, -0.15) is 5.10 Å². The van der Waals surface area contributed by atoms with E-state index >= 15 is 0 Å². The van der Waals surface area contributed by atoms with Crippen molar-refractivity contribution in [2.45, 2.75) is 39.8 Å². The highest BCUT2D eigenvalue weighted by atomic mass is 35.5. The number of thiazole rings is 1. The number of hydrogen-bond acceptors (Lipinski definition) is 4. The monoisotopic (exact) mass is 284 g/mol. The third-order valence-electron chi connectivity index (χ3n) is 2.99. The topological polar surface area (TPSA) is 56.7 Å². The molecule has 0 bridgehead atoms. The first kappa shape index (κ1) is 13.5. The number of rotatable bonds is 4. The normalized spacial score (nSPS) is 12.9. The Morgan fingerprint density at radius 3 is 2.72 bits per heavy atom. The number of halogens is 1. The molecule has 0 aromatic carbocycles. The number of aryl methyl sites for hydroxylation is 3. The molecule has 2 N–H and O–H groups in total. The van der Waals surface area contributed by atoms with Gasteiger partial charge in [-0.05, 0) is 20.8 Å². The summed E-state index contributed by atoms with van der Waals surface area (Å²) in [5.74, 6) is 0. The SMILES string of the molecule is CCn1nc(C)c(Cl)c1CC(N)c1scnc1C. The molecule has 0 aliphatic heterocycles. The Bertz CT molecular complexity index is 546. The van der Waals surface area contributed by atoms with Crippen molar-refractivity contribution in [3.63, 3.8) is 0 Å². The lowest BCUT2D eigenvalue weighted by molar-refractivity contribution is 0.589. The molecule has 2 aromatic heterocycles. The minimum atomic E-state index is -0.0728. The molecule has 2 aromatic rings. The molecule has 1 unspecified atom stereocenters. The fourth-order valence-corrected chi connectivity index (χ4v) is 3.05. The second kappa shape index (κ2) is 5.38. The molecule has 0 aliphatic carbocycles. The van der Waals surface area contributed by atoms with E-state index in [2.05, 4.69) is 17.0 Å². The largest absolute Gasteiger partial charge is 0.323 e. The molecule has 1 atom stereocenters. The maximum Gasteiger partial charge on any atom is 0.0847 e. The number of nitrogens with zero attached hydrogens (tertiary/aromatic N) is 3. The minimum absolute atomic E-state index is 0.0728. The van der Waals surface area contributed by atoms with E-state index in [4.69, 9.17) is 17.3 Å². The first-order valence-electron chi connectivity index (χ1n) is 5.91. The average molecular weight is 285 g/mol. The van der Waals surface area contributed by atoms with E-state index in [-0.39, 0.29) is 6.04 Å². The lowest BCUT2D eigenvalue weighted by atomic mass is 10.1. The molecule has 4 nitrogen and oxygen atoms in total. The zero-order valence-electron chi connectivity index (χ0n) is 10.8. The molecule has 0 saturated heterocycles. The fraction of sp³-hybridized carbons (Fsp3) is 0.500. The van der Waals surface area contributed by atoms with Crippen molar-refractivity contribution in [1.82, 2.24) is 14.8 Å². The maximum atomic E-state index is 6.29. The Kier molecular flexibility index (Phi) is 4.04. The van der Waals surface area contributed by atoms with Crippen LogP contribution < -0.4 is 5.73 Å². The van der Waals surface area contributed by atoms with Crippen molar-refractivity contribution in [3.05, 3.63) is 32.5 Å². The number of aromatic nitrogens is 3. The van der Waals surface area contributed by atoms with E-state index in [9.17, 15) is 0 Å². The maximum absolute atomic E-state index is 6.29. The lowest BCUT2D eigenvalue weighted by Gasteiger charge is -2.12. The van der Waals surface area contributed by atoms with Gasteiger partial charge in [0.2, 0.25) is 0 Å². The molecular formula is C12H17ClN4S. The van der Waals surface area contributed by atoms with Crippen LogP contribution in [0.2, 0.25) is 5.02 Å². The van der Waals surface area contributed by atoms with Crippen LogP contribution in [-0.4, -0.2) is 14.8 Å². The van der Waals surface area contributed by atoms with Crippen LogP contribution in [0.15, 0.2) is 5.51 Å². The summed E-state index contributed by atoms with van der Waals surface area (Å²) in [6, 6.07) is -0.0728. The van der Waals surface area contributed by atoms with E-state index in [1.54, 1.807) is 11.3 Å². The second-order valence-electron chi connectivity index (χ2n) is 4.27. The number of hydrogen-bond donors (Lipinski definition) is 1. The van der Waals surface area contributed by atoms with Gasteiger partial charge in [0.25, 0.3) is 0 Å². The Morgan fingerprint density at radius 2 is 2.17 bits per heavy atom. The van der Waals surface area contributed by atoms with Gasteiger partial charge < -0.3 is 5.73 Å². The van der Waals surface area contributed by atoms with Gasteiger partial charge in [-0.15, -0.1) is 11.3 Å². The van der Waals surface area contributed by atoms with E-state index in [0.29, 0.717) is 6.42 Å². The van der Waals surface area contributed by atoms with Gasteiger partial charge in [-0.25, -0.2) is 4.98 Å². The standard InChI is InChI=1S/C12H17ClN4S/c1-4-17-10(11(13)7(2)16-17)5-9(14)12-8(3)15-6-18-12/h6,9H,4-5,14H2,1-3H3. The smallest absolute Gasteiger partial charge is 0.0847 e. The molecular weight excluding hydrogens is 268 g/mol. The van der Waals surface area contributed by atoms with Crippen molar-refractivity contribution in [2.75, 3.05) is 0 Å². The molecule has 0 radical (unpaired) electrons. The van der Waals surface area contributed by atoms with Crippen molar-refractivity contribution >= 4 is 22.9 Å². The molecule has 2 heterocycles. The van der Waals surface area contributed by atoms with Crippen LogP contribution in [0.5, 0.6) is 0 Å². The zero-order chi connectivity index (χ0) is 13.3. The van der Waals surface area contributed by atoms with Crippen LogP contribution in [-0.2, 0) is 13.0 Å². The van der Waals surface area contributed by atoms with Crippen molar-refractivity contribution in [3.8, 4) is 0 Å². The van der Waals surface area contributed by atoms with Gasteiger partial charge in [-0.1, -0.05) is 11.6 Å². The highest BCUT2D eigenvalue weighted by Gasteiger charge is 2.18. The van der Waals surface area contributed by atoms with Crippen molar-refractivity contribution in [1.29, 1.82) is 0 Å². The van der Waals surface area contributed by atoms with Gasteiger partial charge >= 0.3 is 0 Å². The average Bonchev–Trinajstić information content (AvgIpc) is 2.87. The van der Waals surface area contributed by atoms with Crippen molar-refractivity contribution < 1.29 is 0 Å². The van der Waals surface area contributed by atoms with Crippen LogP contribution in [0.25, 0.3) is 0 Å². The van der Waals surface area contributed by atoms with Crippen LogP contribution in [0.1, 0.15) is 34.9 Å². The van der Waals surface area contributed by atoms with Gasteiger partial charge in [0.15, 0.2) is 0 Å². The molecule has 18 heavy (non-hydrogen) atoms. The second-order valence-corrected chi connectivity index (χ2v) is 5.54. The lowest BCUT2D eigenvalue weighted by Crippen LogP contribution is -2.16. The Labute approximate surface area is 116 Å². The van der Waals surface area contributed by atoms with E-state index in [1.807, 2.05) is 24.0 Å². The summed E-state index contributed by atoms with van der Waals surface area (Å²) in [7, 11) is 0. The van der Waals surface area contributed by atoms with Gasteiger partial charge in [0.1, 0.15) is 0 Å². The Balaban J connectivity index is 2.27.